The Hall–Kier alpha value is -2.47. The number of nitrogens with zero attached hydrogens (tertiary/aromatic N) is 3. The summed E-state index contributed by atoms with van der Waals surface area (Å²) in [6.07, 6.45) is 4.37. The Morgan fingerprint density at radius 1 is 1.03 bits per heavy atom. The van der Waals surface area contributed by atoms with Crippen LogP contribution in [0.3, 0.4) is 0 Å². The highest BCUT2D eigenvalue weighted by molar-refractivity contribution is 6.30. The molecule has 1 N–H and O–H groups in total. The molecule has 5 rings (SSSR count). The average Bonchev–Trinajstić information content (AvgIpc) is 2.85. The van der Waals surface area contributed by atoms with E-state index in [4.69, 9.17) is 26.3 Å². The van der Waals surface area contributed by atoms with E-state index < -0.39 is 0 Å². The molecule has 2 heterocycles. The highest BCUT2D eigenvalue weighted by Gasteiger charge is 2.23. The van der Waals surface area contributed by atoms with Crippen molar-refractivity contribution in [2.45, 2.75) is 38.6 Å². The van der Waals surface area contributed by atoms with E-state index in [0.29, 0.717) is 5.02 Å². The second kappa shape index (κ2) is 10.2. The summed E-state index contributed by atoms with van der Waals surface area (Å²) in [5.74, 6) is 1.71. The van der Waals surface area contributed by atoms with E-state index in [1.807, 2.05) is 24.3 Å². The molecule has 2 aliphatic rings. The zero-order chi connectivity index (χ0) is 22.6. The summed E-state index contributed by atoms with van der Waals surface area (Å²) in [5.41, 5.74) is 5.94. The van der Waals surface area contributed by atoms with Gasteiger partial charge in [0.1, 0.15) is 5.82 Å². The SMILES string of the molecule is Cc1ccc(C(CN2CCOCC2)Nc2nc(-c3cccc(Cl)c3)nc3c2CCCC3)cc1. The third-order valence-corrected chi connectivity index (χ3v) is 6.84. The van der Waals surface area contributed by atoms with Crippen molar-refractivity contribution in [2.75, 3.05) is 38.2 Å². The number of aromatic nitrogens is 2. The maximum Gasteiger partial charge on any atom is 0.161 e. The van der Waals surface area contributed by atoms with Crippen LogP contribution in [0.4, 0.5) is 5.82 Å². The van der Waals surface area contributed by atoms with Crippen molar-refractivity contribution < 1.29 is 4.74 Å². The number of hydrogen-bond acceptors (Lipinski definition) is 5. The maximum absolute atomic E-state index is 6.28. The van der Waals surface area contributed by atoms with Crippen molar-refractivity contribution in [2.24, 2.45) is 0 Å². The summed E-state index contributed by atoms with van der Waals surface area (Å²) in [5, 5.41) is 4.55. The van der Waals surface area contributed by atoms with Gasteiger partial charge in [0.15, 0.2) is 5.82 Å². The van der Waals surface area contributed by atoms with Gasteiger partial charge in [-0.25, -0.2) is 9.97 Å². The Bertz CT molecular complexity index is 1100. The number of ether oxygens (including phenoxy) is 1. The van der Waals surface area contributed by atoms with Gasteiger partial charge < -0.3 is 10.1 Å². The van der Waals surface area contributed by atoms with Crippen molar-refractivity contribution in [1.82, 2.24) is 14.9 Å². The molecule has 6 heteroatoms. The number of morpholine rings is 1. The molecule has 0 radical (unpaired) electrons. The van der Waals surface area contributed by atoms with Crippen LogP contribution in [0.1, 0.15) is 41.3 Å². The molecule has 33 heavy (non-hydrogen) atoms. The lowest BCUT2D eigenvalue weighted by Crippen LogP contribution is -2.40. The smallest absolute Gasteiger partial charge is 0.161 e. The molecular formula is C27H31ClN4O. The minimum absolute atomic E-state index is 0.136. The van der Waals surface area contributed by atoms with Crippen LogP contribution in [0.15, 0.2) is 48.5 Å². The molecule has 5 nitrogen and oxygen atoms in total. The molecule has 1 unspecified atom stereocenters. The molecule has 0 bridgehead atoms. The van der Waals surface area contributed by atoms with Gasteiger partial charge >= 0.3 is 0 Å². The second-order valence-electron chi connectivity index (χ2n) is 9.06. The molecule has 0 spiro atoms. The molecule has 3 aromatic rings. The van der Waals surface area contributed by atoms with Crippen LogP contribution in [0.25, 0.3) is 11.4 Å². The molecule has 172 valence electrons. The predicted octanol–water partition coefficient (Wildman–Crippen LogP) is 5.47. The van der Waals surface area contributed by atoms with Crippen LogP contribution < -0.4 is 5.32 Å². The lowest BCUT2D eigenvalue weighted by atomic mass is 9.95. The highest BCUT2D eigenvalue weighted by atomic mass is 35.5. The number of nitrogens with one attached hydrogen (secondary N) is 1. The van der Waals surface area contributed by atoms with Crippen molar-refractivity contribution >= 4 is 17.4 Å². The fourth-order valence-corrected chi connectivity index (χ4v) is 4.90. The summed E-state index contributed by atoms with van der Waals surface area (Å²) < 4.78 is 5.58. The van der Waals surface area contributed by atoms with Crippen molar-refractivity contribution in [1.29, 1.82) is 0 Å². The largest absolute Gasteiger partial charge is 0.379 e. The Kier molecular flexibility index (Phi) is 6.91. The van der Waals surface area contributed by atoms with E-state index in [1.54, 1.807) is 0 Å². The topological polar surface area (TPSA) is 50.3 Å². The van der Waals surface area contributed by atoms with E-state index in [9.17, 15) is 0 Å². The third kappa shape index (κ3) is 5.37. The van der Waals surface area contributed by atoms with Crippen molar-refractivity contribution in [3.05, 3.63) is 75.9 Å². The van der Waals surface area contributed by atoms with Crippen LogP contribution >= 0.6 is 11.6 Å². The first-order chi connectivity index (χ1) is 16.2. The van der Waals surface area contributed by atoms with Gasteiger partial charge in [0.05, 0.1) is 19.3 Å². The molecule has 1 saturated heterocycles. The Labute approximate surface area is 201 Å². The van der Waals surface area contributed by atoms with Crippen molar-refractivity contribution in [3.8, 4) is 11.4 Å². The lowest BCUT2D eigenvalue weighted by molar-refractivity contribution is 0.0360. The summed E-state index contributed by atoms with van der Waals surface area (Å²) in [7, 11) is 0. The van der Waals surface area contributed by atoms with Gasteiger partial charge in [-0.2, -0.15) is 0 Å². The molecular weight excluding hydrogens is 432 g/mol. The fourth-order valence-electron chi connectivity index (χ4n) is 4.71. The van der Waals surface area contributed by atoms with Crippen LogP contribution in [-0.2, 0) is 17.6 Å². The van der Waals surface area contributed by atoms with E-state index in [1.165, 1.54) is 35.2 Å². The highest BCUT2D eigenvalue weighted by Crippen LogP contribution is 2.32. The van der Waals surface area contributed by atoms with Gasteiger partial charge in [-0.3, -0.25) is 4.90 Å². The van der Waals surface area contributed by atoms with Crippen LogP contribution in [0.2, 0.25) is 5.02 Å². The zero-order valence-electron chi connectivity index (χ0n) is 19.2. The van der Waals surface area contributed by atoms with Gasteiger partial charge in [0, 0.05) is 41.5 Å². The number of halogens is 1. The zero-order valence-corrected chi connectivity index (χ0v) is 19.9. The van der Waals surface area contributed by atoms with Gasteiger partial charge in [0.25, 0.3) is 0 Å². The maximum atomic E-state index is 6.28. The normalized spacial score (nSPS) is 17.4. The van der Waals surface area contributed by atoms with Gasteiger partial charge in [-0.1, -0.05) is 53.6 Å². The second-order valence-corrected chi connectivity index (χ2v) is 9.50. The summed E-state index contributed by atoms with van der Waals surface area (Å²) in [4.78, 5) is 12.5. The molecule has 1 aromatic heterocycles. The minimum Gasteiger partial charge on any atom is -0.379 e. The van der Waals surface area contributed by atoms with E-state index in [-0.39, 0.29) is 6.04 Å². The molecule has 1 aliphatic carbocycles. The quantitative estimate of drug-likeness (QED) is 0.526. The molecule has 1 fully saturated rings. The summed E-state index contributed by atoms with van der Waals surface area (Å²) in [6.45, 7) is 6.55. The van der Waals surface area contributed by atoms with Gasteiger partial charge in [-0.05, 0) is 50.3 Å². The van der Waals surface area contributed by atoms with Crippen LogP contribution in [0.5, 0.6) is 0 Å². The predicted molar refractivity (Wildman–Crippen MR) is 134 cm³/mol. The molecule has 0 saturated carbocycles. The number of benzene rings is 2. The number of aryl methyl sites for hydroxylation is 2. The first-order valence-electron chi connectivity index (χ1n) is 11.9. The average molecular weight is 463 g/mol. The van der Waals surface area contributed by atoms with E-state index in [2.05, 4.69) is 41.4 Å². The molecule has 1 atom stereocenters. The van der Waals surface area contributed by atoms with Crippen molar-refractivity contribution in [3.63, 3.8) is 0 Å². The van der Waals surface area contributed by atoms with Crippen LogP contribution in [0, 0.1) is 6.92 Å². The van der Waals surface area contributed by atoms with E-state index >= 15 is 0 Å². The minimum atomic E-state index is 0.136. The fraction of sp³-hybridized carbons (Fsp3) is 0.407. The number of fused-ring (bicyclic) bond motifs is 1. The molecule has 2 aromatic carbocycles. The number of hydrogen-bond donors (Lipinski definition) is 1. The van der Waals surface area contributed by atoms with Gasteiger partial charge in [0.2, 0.25) is 0 Å². The Balaban J connectivity index is 1.51. The molecule has 1 aliphatic heterocycles. The van der Waals surface area contributed by atoms with Gasteiger partial charge in [-0.15, -0.1) is 0 Å². The Morgan fingerprint density at radius 2 is 1.82 bits per heavy atom. The summed E-state index contributed by atoms with van der Waals surface area (Å²) in [6, 6.07) is 16.8. The summed E-state index contributed by atoms with van der Waals surface area (Å²) >= 11 is 6.28. The number of rotatable bonds is 6. The monoisotopic (exact) mass is 462 g/mol. The number of anilines is 1. The Morgan fingerprint density at radius 3 is 2.61 bits per heavy atom. The standard InChI is InChI=1S/C27H31ClN4O/c1-19-9-11-20(12-10-19)25(18-32-13-15-33-16-14-32)30-27-23-7-2-3-8-24(23)29-26(31-27)21-5-4-6-22(28)17-21/h4-6,9-12,17,25H,2-3,7-8,13-16,18H2,1H3,(H,29,30,31). The first-order valence-corrected chi connectivity index (χ1v) is 12.3. The molecule has 0 amide bonds. The van der Waals surface area contributed by atoms with Crippen LogP contribution in [-0.4, -0.2) is 47.7 Å². The van der Waals surface area contributed by atoms with E-state index in [0.717, 1.165) is 62.9 Å². The first kappa shape index (κ1) is 22.3. The lowest BCUT2D eigenvalue weighted by Gasteiger charge is -2.32. The third-order valence-electron chi connectivity index (χ3n) is 6.60.